The van der Waals surface area contributed by atoms with Crippen LogP contribution >= 0.6 is 0 Å². The Balaban J connectivity index is 0. The Labute approximate surface area is 248 Å². The number of hydrogen-bond acceptors (Lipinski definition) is 2. The van der Waals surface area contributed by atoms with E-state index in [0.29, 0.717) is 0 Å². The Kier molecular flexibility index (Phi) is 16.0. The molecule has 0 rings (SSSR count). The third-order valence-corrected chi connectivity index (χ3v) is 6.92. The number of quaternary nitrogens is 1. The maximum absolute atomic E-state index is 13.0. The quantitative estimate of drug-likeness (QED) is 0.0997. The third-order valence-electron chi connectivity index (χ3n) is 6.92. The molecule has 0 aliphatic rings. The SMILES string of the molecule is CCCC[N+](CCCC)(CCCC)CCCC.O=C([O-])C(F)(F)C(F)(F)C(F)(F)C(F)(F)C(F)(F)C(F)(F)C(F)(F)C(F)(F)F. The van der Waals surface area contributed by atoms with Gasteiger partial charge in [0, 0.05) is 0 Å². The number of carbonyl (C=O) groups excluding carboxylic acids is 1. The summed E-state index contributed by atoms with van der Waals surface area (Å²) in [5, 5.41) is 9.65. The predicted octanol–water partition coefficient (Wildman–Crippen LogP) is 8.75. The fourth-order valence-corrected chi connectivity index (χ4v) is 3.94. The van der Waals surface area contributed by atoms with E-state index >= 15 is 0 Å². The van der Waals surface area contributed by atoms with Gasteiger partial charge in [-0.3, -0.25) is 0 Å². The minimum absolute atomic E-state index is 1.35. The number of carboxylic acids is 1. The lowest BCUT2D eigenvalue weighted by molar-refractivity contribution is -0.929. The molecule has 0 unspecified atom stereocenters. The van der Waals surface area contributed by atoms with Crippen LogP contribution in [0.4, 0.5) is 74.6 Å². The van der Waals surface area contributed by atoms with E-state index in [2.05, 4.69) is 27.7 Å². The van der Waals surface area contributed by atoms with Gasteiger partial charge >= 0.3 is 47.6 Å². The monoisotopic (exact) mass is 705 g/mol. The summed E-state index contributed by atoms with van der Waals surface area (Å²) in [5.74, 6) is -63.5. The molecule has 0 heterocycles. The van der Waals surface area contributed by atoms with E-state index in [0.717, 1.165) is 0 Å². The van der Waals surface area contributed by atoms with E-state index in [1.165, 1.54) is 82.0 Å². The molecule has 0 radical (unpaired) electrons. The lowest BCUT2D eigenvalue weighted by atomic mass is 9.89. The Morgan fingerprint density at radius 2 is 0.667 bits per heavy atom. The number of aliphatic carboxylic acids is 1. The molecule has 0 fully saturated rings. The molecule has 3 nitrogen and oxygen atoms in total. The van der Waals surface area contributed by atoms with Crippen molar-refractivity contribution in [2.75, 3.05) is 26.2 Å². The number of alkyl halides is 17. The van der Waals surface area contributed by atoms with Gasteiger partial charge < -0.3 is 14.4 Å². The first-order chi connectivity index (χ1) is 19.9. The summed E-state index contributed by atoms with van der Waals surface area (Å²) in [5.41, 5.74) is 0. The fourth-order valence-electron chi connectivity index (χ4n) is 3.94. The Morgan fingerprint density at radius 1 is 0.444 bits per heavy atom. The molecule has 0 aromatic carbocycles. The van der Waals surface area contributed by atoms with Crippen molar-refractivity contribution in [1.82, 2.24) is 0 Å². The number of nitrogens with zero attached hydrogens (tertiary/aromatic N) is 1. The Morgan fingerprint density at radius 3 is 0.867 bits per heavy atom. The summed E-state index contributed by atoms with van der Waals surface area (Å²) < 4.78 is 215. The van der Waals surface area contributed by atoms with Crippen LogP contribution in [-0.4, -0.2) is 84.3 Å². The van der Waals surface area contributed by atoms with Gasteiger partial charge in [0.05, 0.1) is 26.2 Å². The van der Waals surface area contributed by atoms with Crippen molar-refractivity contribution in [3.05, 3.63) is 0 Å². The Hall–Kier alpha value is -1.76. The van der Waals surface area contributed by atoms with Gasteiger partial charge in [-0.25, -0.2) is 0 Å². The summed E-state index contributed by atoms with van der Waals surface area (Å²) in [7, 11) is 0. The molecular formula is C25H36F17NO2. The highest BCUT2D eigenvalue weighted by atomic mass is 19.4. The van der Waals surface area contributed by atoms with Gasteiger partial charge in [-0.1, -0.05) is 53.4 Å². The van der Waals surface area contributed by atoms with Gasteiger partial charge in [0.1, 0.15) is 5.97 Å². The van der Waals surface area contributed by atoms with Gasteiger partial charge in [-0.05, 0) is 25.7 Å². The van der Waals surface area contributed by atoms with Crippen molar-refractivity contribution < 1.29 is 89.0 Å². The predicted molar refractivity (Wildman–Crippen MR) is 125 cm³/mol. The van der Waals surface area contributed by atoms with Crippen LogP contribution in [0.3, 0.4) is 0 Å². The van der Waals surface area contributed by atoms with Gasteiger partial charge in [0.2, 0.25) is 0 Å². The van der Waals surface area contributed by atoms with Crippen molar-refractivity contribution in [2.24, 2.45) is 0 Å². The molecule has 0 aliphatic carbocycles. The molecule has 0 aliphatic heterocycles. The second kappa shape index (κ2) is 15.9. The molecule has 0 amide bonds. The molecule has 0 aromatic rings. The summed E-state index contributed by atoms with van der Waals surface area (Å²) in [6, 6.07) is 0. The fraction of sp³-hybridized carbons (Fsp3) is 0.960. The maximum Gasteiger partial charge on any atom is 0.460 e. The number of carboxylic acid groups (broad SMARTS) is 1. The summed E-state index contributed by atoms with van der Waals surface area (Å²) in [6.07, 6.45) is 3.22. The minimum atomic E-state index is -8.79. The van der Waals surface area contributed by atoms with E-state index in [1.54, 1.807) is 0 Å². The second-order valence-electron chi connectivity index (χ2n) is 10.5. The zero-order chi connectivity index (χ0) is 36.6. The highest BCUT2D eigenvalue weighted by molar-refractivity contribution is 5.75. The number of unbranched alkanes of at least 4 members (excludes halogenated alkanes) is 4. The Bertz CT molecular complexity index is 867. The van der Waals surface area contributed by atoms with Crippen molar-refractivity contribution in [2.45, 2.75) is 127 Å². The number of halogens is 17. The van der Waals surface area contributed by atoms with E-state index in [-0.39, 0.29) is 0 Å². The normalized spacial score (nSPS) is 14.7. The van der Waals surface area contributed by atoms with Crippen LogP contribution in [0.1, 0.15) is 79.1 Å². The van der Waals surface area contributed by atoms with Crippen LogP contribution in [0.25, 0.3) is 0 Å². The maximum atomic E-state index is 13.0. The molecule has 0 spiro atoms. The van der Waals surface area contributed by atoms with E-state index in [4.69, 9.17) is 0 Å². The van der Waals surface area contributed by atoms with Crippen LogP contribution in [0.2, 0.25) is 0 Å². The topological polar surface area (TPSA) is 40.1 Å². The molecule has 0 atom stereocenters. The van der Waals surface area contributed by atoms with Gasteiger partial charge in [0.15, 0.2) is 0 Å². The lowest BCUT2D eigenvalue weighted by Crippen LogP contribution is -2.75. The highest BCUT2D eigenvalue weighted by Crippen LogP contribution is 2.63. The first-order valence-electron chi connectivity index (χ1n) is 13.7. The average molecular weight is 706 g/mol. The van der Waals surface area contributed by atoms with Gasteiger partial charge in [-0.15, -0.1) is 0 Å². The van der Waals surface area contributed by atoms with Crippen molar-refractivity contribution in [3.63, 3.8) is 0 Å². The van der Waals surface area contributed by atoms with E-state index in [9.17, 15) is 84.5 Å². The molecular weight excluding hydrogens is 669 g/mol. The van der Waals surface area contributed by atoms with Crippen molar-refractivity contribution in [3.8, 4) is 0 Å². The zero-order valence-corrected chi connectivity index (χ0v) is 24.7. The number of rotatable bonds is 19. The molecule has 45 heavy (non-hydrogen) atoms. The molecule has 0 N–H and O–H groups in total. The third kappa shape index (κ3) is 8.99. The van der Waals surface area contributed by atoms with E-state index < -0.39 is 53.6 Å². The summed E-state index contributed by atoms with van der Waals surface area (Å²) in [6.45, 7) is 15.0. The summed E-state index contributed by atoms with van der Waals surface area (Å²) in [4.78, 5) is 9.65. The molecule has 0 aromatic heterocycles. The van der Waals surface area contributed by atoms with Crippen LogP contribution in [0.15, 0.2) is 0 Å². The first-order valence-corrected chi connectivity index (χ1v) is 13.7. The molecule has 20 heteroatoms. The van der Waals surface area contributed by atoms with Crippen LogP contribution in [0.5, 0.6) is 0 Å². The van der Waals surface area contributed by atoms with E-state index in [1.807, 2.05) is 0 Å². The van der Waals surface area contributed by atoms with Crippen LogP contribution in [-0.2, 0) is 4.79 Å². The smallest absolute Gasteiger partial charge is 0.460 e. The number of carbonyl (C=O) groups is 1. The van der Waals surface area contributed by atoms with Crippen LogP contribution in [0, 0.1) is 0 Å². The highest BCUT2D eigenvalue weighted by Gasteiger charge is 2.95. The standard InChI is InChI=1S/C16H36N.C9HF17O2/c1-5-9-13-17(14-10-6-2,15-11-7-3)16-12-8-4;10-2(11,1(27)28)3(12,13)4(14,15)5(16,17)6(18,19)7(20,21)8(22,23)9(24,25)26/h5-16H2,1-4H3;(H,27,28)/q+1;/p-1. The van der Waals surface area contributed by atoms with Gasteiger partial charge in [0.25, 0.3) is 0 Å². The molecule has 0 bridgehead atoms. The largest absolute Gasteiger partial charge is 0.544 e. The first kappa shape index (κ1) is 45.4. The van der Waals surface area contributed by atoms with Gasteiger partial charge in [-0.2, -0.15) is 74.6 Å². The molecule has 272 valence electrons. The van der Waals surface area contributed by atoms with Crippen LogP contribution < -0.4 is 5.11 Å². The van der Waals surface area contributed by atoms with Crippen molar-refractivity contribution >= 4 is 5.97 Å². The molecule has 0 saturated heterocycles. The van der Waals surface area contributed by atoms with Crippen molar-refractivity contribution in [1.29, 1.82) is 0 Å². The second-order valence-corrected chi connectivity index (χ2v) is 10.5. The zero-order valence-electron chi connectivity index (χ0n) is 24.7. The molecule has 0 saturated carbocycles. The average Bonchev–Trinajstić information content (AvgIpc) is 2.91. The minimum Gasteiger partial charge on any atom is -0.544 e. The number of hydrogen-bond donors (Lipinski definition) is 0. The summed E-state index contributed by atoms with van der Waals surface area (Å²) >= 11 is 0. The lowest BCUT2D eigenvalue weighted by Gasteiger charge is -2.42.